The van der Waals surface area contributed by atoms with Crippen LogP contribution in [0.4, 0.5) is 18.9 Å². The lowest BCUT2D eigenvalue weighted by Gasteiger charge is -2.10. The summed E-state index contributed by atoms with van der Waals surface area (Å²) in [5.74, 6) is 0.00910. The third kappa shape index (κ3) is 2.27. The summed E-state index contributed by atoms with van der Waals surface area (Å²) in [6.07, 6.45) is -3.53. The molecule has 0 aromatic carbocycles. The molecule has 1 aromatic rings. The van der Waals surface area contributed by atoms with Crippen molar-refractivity contribution in [3.05, 3.63) is 18.0 Å². The largest absolute Gasteiger partial charge is 0.492 e. The van der Waals surface area contributed by atoms with Gasteiger partial charge >= 0.3 is 6.18 Å². The Hall–Kier alpha value is -1.46. The van der Waals surface area contributed by atoms with Gasteiger partial charge in [0.05, 0.1) is 18.5 Å². The van der Waals surface area contributed by atoms with E-state index in [4.69, 9.17) is 10.5 Å². The third-order valence-corrected chi connectivity index (χ3v) is 1.49. The molecule has 78 valence electrons. The third-order valence-electron chi connectivity index (χ3n) is 1.49. The highest BCUT2D eigenvalue weighted by molar-refractivity contribution is 5.51. The average Bonchev–Trinajstić information content (AvgIpc) is 2.07. The van der Waals surface area contributed by atoms with Gasteiger partial charge in [-0.1, -0.05) is 0 Å². The fraction of sp³-hybridized carbons (Fsp3) is 0.375. The molecule has 0 saturated heterocycles. The topological polar surface area (TPSA) is 48.1 Å². The highest BCUT2D eigenvalue weighted by atomic mass is 19.4. The van der Waals surface area contributed by atoms with Gasteiger partial charge in [0.2, 0.25) is 0 Å². The molecule has 1 rings (SSSR count). The number of hydrogen-bond acceptors (Lipinski definition) is 3. The Labute approximate surface area is 78.7 Å². The van der Waals surface area contributed by atoms with Crippen molar-refractivity contribution in [1.29, 1.82) is 0 Å². The Morgan fingerprint density at radius 1 is 1.50 bits per heavy atom. The molecule has 0 atom stereocenters. The molecular weight excluding hydrogens is 197 g/mol. The van der Waals surface area contributed by atoms with Crippen molar-refractivity contribution in [2.24, 2.45) is 0 Å². The summed E-state index contributed by atoms with van der Waals surface area (Å²) in [6, 6.07) is 0.791. The van der Waals surface area contributed by atoms with E-state index in [1.807, 2.05) is 0 Å². The first kappa shape index (κ1) is 10.6. The summed E-state index contributed by atoms with van der Waals surface area (Å²) in [5, 5.41) is 0. The quantitative estimate of drug-likeness (QED) is 0.805. The van der Waals surface area contributed by atoms with Crippen molar-refractivity contribution in [3.63, 3.8) is 0 Å². The number of nitrogen functional groups attached to an aromatic ring is 1. The minimum Gasteiger partial charge on any atom is -0.492 e. The molecule has 1 aromatic heterocycles. The second kappa shape index (κ2) is 3.73. The predicted molar refractivity (Wildman–Crippen MR) is 44.8 cm³/mol. The molecule has 0 amide bonds. The first-order valence-electron chi connectivity index (χ1n) is 3.90. The van der Waals surface area contributed by atoms with Gasteiger partial charge in [0, 0.05) is 6.07 Å². The van der Waals surface area contributed by atoms with E-state index in [0.29, 0.717) is 0 Å². The molecule has 0 aliphatic rings. The van der Waals surface area contributed by atoms with Crippen LogP contribution in [-0.2, 0) is 6.18 Å². The second-order valence-corrected chi connectivity index (χ2v) is 2.54. The average molecular weight is 206 g/mol. The van der Waals surface area contributed by atoms with Crippen LogP contribution in [0.25, 0.3) is 0 Å². The lowest BCUT2D eigenvalue weighted by atomic mass is 10.3. The van der Waals surface area contributed by atoms with E-state index in [0.717, 1.165) is 12.3 Å². The Kier molecular flexibility index (Phi) is 2.83. The molecule has 0 aliphatic carbocycles. The fourth-order valence-electron chi connectivity index (χ4n) is 0.883. The number of aromatic nitrogens is 1. The van der Waals surface area contributed by atoms with Gasteiger partial charge in [-0.3, -0.25) is 0 Å². The number of rotatable bonds is 2. The zero-order valence-electron chi connectivity index (χ0n) is 7.43. The van der Waals surface area contributed by atoms with Crippen LogP contribution < -0.4 is 10.5 Å². The van der Waals surface area contributed by atoms with Gasteiger partial charge in [0.15, 0.2) is 0 Å². The molecule has 0 radical (unpaired) electrons. The molecule has 0 saturated carbocycles. The highest BCUT2D eigenvalue weighted by Crippen LogP contribution is 2.31. The summed E-state index contributed by atoms with van der Waals surface area (Å²) in [6.45, 7) is 1.92. The van der Waals surface area contributed by atoms with E-state index in [-0.39, 0.29) is 18.0 Å². The van der Waals surface area contributed by atoms with Crippen molar-refractivity contribution in [2.75, 3.05) is 12.3 Å². The SMILES string of the molecule is CCOc1cc(C(F)(F)F)ncc1N. The number of halogens is 3. The molecule has 1 heterocycles. The zero-order valence-corrected chi connectivity index (χ0v) is 7.43. The first-order valence-corrected chi connectivity index (χ1v) is 3.90. The predicted octanol–water partition coefficient (Wildman–Crippen LogP) is 2.08. The van der Waals surface area contributed by atoms with E-state index < -0.39 is 11.9 Å². The Bertz CT molecular complexity index is 325. The molecule has 0 bridgehead atoms. The highest BCUT2D eigenvalue weighted by Gasteiger charge is 2.33. The van der Waals surface area contributed by atoms with Gasteiger partial charge in [-0.2, -0.15) is 13.2 Å². The van der Waals surface area contributed by atoms with Gasteiger partial charge in [-0.05, 0) is 6.92 Å². The summed E-state index contributed by atoms with van der Waals surface area (Å²) >= 11 is 0. The normalized spacial score (nSPS) is 11.4. The smallest absolute Gasteiger partial charge is 0.433 e. The van der Waals surface area contributed by atoms with Crippen molar-refractivity contribution < 1.29 is 17.9 Å². The second-order valence-electron chi connectivity index (χ2n) is 2.54. The number of nitrogens with two attached hydrogens (primary N) is 1. The number of alkyl halides is 3. The molecule has 6 heteroatoms. The summed E-state index contributed by atoms with van der Waals surface area (Å²) in [4.78, 5) is 3.16. The van der Waals surface area contributed by atoms with E-state index in [1.165, 1.54) is 0 Å². The van der Waals surface area contributed by atoms with Crippen LogP contribution >= 0.6 is 0 Å². The molecule has 0 spiro atoms. The van der Waals surface area contributed by atoms with Crippen LogP contribution in [0.5, 0.6) is 5.75 Å². The fourth-order valence-corrected chi connectivity index (χ4v) is 0.883. The zero-order chi connectivity index (χ0) is 10.8. The van der Waals surface area contributed by atoms with Crippen molar-refractivity contribution >= 4 is 5.69 Å². The maximum atomic E-state index is 12.2. The minimum atomic E-state index is -4.47. The summed E-state index contributed by atoms with van der Waals surface area (Å²) in [5.41, 5.74) is 4.46. The number of ether oxygens (including phenoxy) is 1. The Morgan fingerprint density at radius 2 is 2.14 bits per heavy atom. The number of anilines is 1. The van der Waals surface area contributed by atoms with E-state index in [2.05, 4.69) is 4.98 Å². The van der Waals surface area contributed by atoms with Crippen LogP contribution in [0.3, 0.4) is 0 Å². The van der Waals surface area contributed by atoms with E-state index in [9.17, 15) is 13.2 Å². The maximum Gasteiger partial charge on any atom is 0.433 e. The van der Waals surface area contributed by atoms with Crippen LogP contribution in [0.15, 0.2) is 12.3 Å². The van der Waals surface area contributed by atoms with Gasteiger partial charge in [0.25, 0.3) is 0 Å². The first-order chi connectivity index (χ1) is 6.45. The minimum absolute atomic E-state index is 0.00910. The Balaban J connectivity index is 3.06. The molecule has 3 nitrogen and oxygen atoms in total. The lowest BCUT2D eigenvalue weighted by Crippen LogP contribution is -2.09. The molecule has 14 heavy (non-hydrogen) atoms. The number of pyridine rings is 1. The molecule has 0 unspecified atom stereocenters. The monoisotopic (exact) mass is 206 g/mol. The van der Waals surface area contributed by atoms with Crippen molar-refractivity contribution in [1.82, 2.24) is 4.98 Å². The van der Waals surface area contributed by atoms with E-state index in [1.54, 1.807) is 6.92 Å². The van der Waals surface area contributed by atoms with Gasteiger partial charge in [-0.25, -0.2) is 4.98 Å². The van der Waals surface area contributed by atoms with Crippen LogP contribution in [0.1, 0.15) is 12.6 Å². The molecule has 2 N–H and O–H groups in total. The lowest BCUT2D eigenvalue weighted by molar-refractivity contribution is -0.141. The molecular formula is C8H9F3N2O. The van der Waals surface area contributed by atoms with Gasteiger partial charge < -0.3 is 10.5 Å². The van der Waals surface area contributed by atoms with Crippen molar-refractivity contribution in [2.45, 2.75) is 13.1 Å². The van der Waals surface area contributed by atoms with Gasteiger partial charge in [0.1, 0.15) is 11.4 Å². The summed E-state index contributed by atoms with van der Waals surface area (Å²) < 4.78 is 41.5. The number of nitrogens with zero attached hydrogens (tertiary/aromatic N) is 1. The Morgan fingerprint density at radius 3 is 2.64 bits per heavy atom. The van der Waals surface area contributed by atoms with Crippen LogP contribution in [-0.4, -0.2) is 11.6 Å². The molecule has 0 aliphatic heterocycles. The van der Waals surface area contributed by atoms with Crippen molar-refractivity contribution in [3.8, 4) is 5.75 Å². The number of hydrogen-bond donors (Lipinski definition) is 1. The van der Waals surface area contributed by atoms with Crippen LogP contribution in [0, 0.1) is 0 Å². The van der Waals surface area contributed by atoms with Gasteiger partial charge in [-0.15, -0.1) is 0 Å². The van der Waals surface area contributed by atoms with Crippen LogP contribution in [0.2, 0.25) is 0 Å². The van der Waals surface area contributed by atoms with E-state index >= 15 is 0 Å². The standard InChI is InChI=1S/C8H9F3N2O/c1-2-14-6-3-7(8(9,10)11)13-4-5(6)12/h3-4H,2,12H2,1H3. The maximum absolute atomic E-state index is 12.2. The molecule has 0 fully saturated rings. The summed E-state index contributed by atoms with van der Waals surface area (Å²) in [7, 11) is 0.